The maximum atomic E-state index is 13.1. The van der Waals surface area contributed by atoms with Crippen molar-refractivity contribution in [2.24, 2.45) is 5.41 Å². The molecule has 17 heavy (non-hydrogen) atoms. The third kappa shape index (κ3) is 4.12. The molecule has 0 spiro atoms. The number of carboxylic acid groups (broad SMARTS) is 1. The second-order valence-corrected chi connectivity index (χ2v) is 7.64. The van der Waals surface area contributed by atoms with Crippen LogP contribution in [0.25, 0.3) is 0 Å². The highest BCUT2D eigenvalue weighted by Gasteiger charge is 2.48. The maximum Gasteiger partial charge on any atom is 0.310 e. The molecule has 1 fully saturated rings. The van der Waals surface area contributed by atoms with Crippen LogP contribution in [0, 0.1) is 5.41 Å². The molecule has 0 saturated heterocycles. The zero-order valence-electron chi connectivity index (χ0n) is 10.6. The van der Waals surface area contributed by atoms with Gasteiger partial charge in [-0.3, -0.25) is 4.79 Å². The van der Waals surface area contributed by atoms with E-state index in [1.165, 1.54) is 0 Å². The largest absolute Gasteiger partial charge is 0.481 e. The number of carboxylic acids is 1. The molecular formula is C12H20F2O2S. The summed E-state index contributed by atoms with van der Waals surface area (Å²) in [6, 6.07) is 0. The Morgan fingerprint density at radius 2 is 1.71 bits per heavy atom. The van der Waals surface area contributed by atoms with Crippen LogP contribution in [0.5, 0.6) is 0 Å². The summed E-state index contributed by atoms with van der Waals surface area (Å²) in [6.07, 6.45) is -0.440. The molecular weight excluding hydrogens is 246 g/mol. The Bertz CT molecular complexity index is 287. The zero-order chi connectivity index (χ0) is 13.3. The summed E-state index contributed by atoms with van der Waals surface area (Å²) in [6.45, 7) is 6.01. The molecule has 0 aliphatic heterocycles. The molecule has 100 valence electrons. The molecule has 0 amide bonds. The first-order chi connectivity index (χ1) is 7.56. The second-order valence-electron chi connectivity index (χ2n) is 5.84. The van der Waals surface area contributed by atoms with E-state index in [4.69, 9.17) is 0 Å². The van der Waals surface area contributed by atoms with Crippen LogP contribution >= 0.6 is 11.8 Å². The van der Waals surface area contributed by atoms with Crippen molar-refractivity contribution in [3.05, 3.63) is 0 Å². The summed E-state index contributed by atoms with van der Waals surface area (Å²) in [7, 11) is 0. The van der Waals surface area contributed by atoms with Crippen molar-refractivity contribution in [2.75, 3.05) is 5.75 Å². The number of aliphatic carboxylic acids is 1. The monoisotopic (exact) mass is 266 g/mol. The van der Waals surface area contributed by atoms with Crippen LogP contribution in [0.4, 0.5) is 8.78 Å². The normalized spacial score (nSPS) is 23.4. The molecule has 5 heteroatoms. The predicted molar refractivity (Wildman–Crippen MR) is 65.7 cm³/mol. The third-order valence-electron chi connectivity index (χ3n) is 3.17. The summed E-state index contributed by atoms with van der Waals surface area (Å²) in [5, 5.41) is 9.30. The quantitative estimate of drug-likeness (QED) is 0.844. The Hall–Kier alpha value is -0.320. The van der Waals surface area contributed by atoms with Crippen molar-refractivity contribution in [2.45, 2.75) is 57.1 Å². The summed E-state index contributed by atoms with van der Waals surface area (Å²) >= 11 is 1.54. The predicted octanol–water partition coefficient (Wildman–Crippen LogP) is 3.80. The lowest BCUT2D eigenvalue weighted by atomic mass is 9.74. The Morgan fingerprint density at radius 3 is 2.06 bits per heavy atom. The highest BCUT2D eigenvalue weighted by atomic mass is 32.2. The number of carbonyl (C=O) groups is 1. The van der Waals surface area contributed by atoms with Crippen LogP contribution in [-0.4, -0.2) is 27.5 Å². The topological polar surface area (TPSA) is 37.3 Å². The van der Waals surface area contributed by atoms with E-state index in [1.807, 2.05) is 20.8 Å². The highest BCUT2D eigenvalue weighted by Crippen LogP contribution is 2.46. The first kappa shape index (κ1) is 14.7. The minimum atomic E-state index is -2.68. The highest BCUT2D eigenvalue weighted by molar-refractivity contribution is 8.00. The van der Waals surface area contributed by atoms with Gasteiger partial charge in [0, 0.05) is 23.3 Å². The lowest BCUT2D eigenvalue weighted by molar-refractivity contribution is -0.154. The van der Waals surface area contributed by atoms with E-state index in [0.29, 0.717) is 5.75 Å². The van der Waals surface area contributed by atoms with Crippen molar-refractivity contribution < 1.29 is 18.7 Å². The second kappa shape index (κ2) is 4.75. The van der Waals surface area contributed by atoms with Gasteiger partial charge in [0.2, 0.25) is 5.92 Å². The van der Waals surface area contributed by atoms with Crippen molar-refractivity contribution in [1.29, 1.82) is 0 Å². The van der Waals surface area contributed by atoms with Crippen molar-refractivity contribution >= 4 is 17.7 Å². The summed E-state index contributed by atoms with van der Waals surface area (Å²) < 4.78 is 26.1. The zero-order valence-corrected chi connectivity index (χ0v) is 11.4. The van der Waals surface area contributed by atoms with Gasteiger partial charge in [-0.05, 0) is 12.8 Å². The summed E-state index contributed by atoms with van der Waals surface area (Å²) in [5.41, 5.74) is -0.959. The fourth-order valence-electron chi connectivity index (χ4n) is 1.87. The first-order valence-electron chi connectivity index (χ1n) is 5.82. The smallest absolute Gasteiger partial charge is 0.310 e. The average Bonchev–Trinajstić information content (AvgIpc) is 2.15. The molecule has 0 aromatic carbocycles. The van der Waals surface area contributed by atoms with E-state index in [9.17, 15) is 18.7 Å². The molecule has 1 rings (SSSR count). The standard InChI is InChI=1S/C12H20F2O2S/c1-10(2,3)17-8-11(9(15)16)4-6-12(13,14)7-5-11/h4-8H2,1-3H3,(H,15,16). The van der Waals surface area contributed by atoms with Gasteiger partial charge in [0.05, 0.1) is 5.41 Å². The van der Waals surface area contributed by atoms with Crippen molar-refractivity contribution in [3.8, 4) is 0 Å². The van der Waals surface area contributed by atoms with E-state index >= 15 is 0 Å². The number of thioether (sulfide) groups is 1. The fourth-order valence-corrected chi connectivity index (χ4v) is 2.99. The van der Waals surface area contributed by atoms with Gasteiger partial charge in [-0.25, -0.2) is 8.78 Å². The minimum Gasteiger partial charge on any atom is -0.481 e. The molecule has 0 unspecified atom stereocenters. The lowest BCUT2D eigenvalue weighted by Crippen LogP contribution is -2.41. The van der Waals surface area contributed by atoms with E-state index < -0.39 is 17.3 Å². The van der Waals surface area contributed by atoms with Gasteiger partial charge in [0.25, 0.3) is 0 Å². The first-order valence-corrected chi connectivity index (χ1v) is 6.80. The van der Waals surface area contributed by atoms with Gasteiger partial charge >= 0.3 is 5.97 Å². The van der Waals surface area contributed by atoms with Crippen LogP contribution in [0.3, 0.4) is 0 Å². The van der Waals surface area contributed by atoms with E-state index in [0.717, 1.165) is 0 Å². The van der Waals surface area contributed by atoms with E-state index in [1.54, 1.807) is 11.8 Å². The van der Waals surface area contributed by atoms with Crippen molar-refractivity contribution in [3.63, 3.8) is 0 Å². The molecule has 0 aromatic rings. The number of alkyl halides is 2. The molecule has 0 radical (unpaired) electrons. The Morgan fingerprint density at radius 1 is 1.24 bits per heavy atom. The third-order valence-corrected chi connectivity index (χ3v) is 4.74. The van der Waals surface area contributed by atoms with Crippen LogP contribution in [0.2, 0.25) is 0 Å². The van der Waals surface area contributed by atoms with Crippen molar-refractivity contribution in [1.82, 2.24) is 0 Å². The van der Waals surface area contributed by atoms with Gasteiger partial charge in [0.15, 0.2) is 0 Å². The van der Waals surface area contributed by atoms with Gasteiger partial charge in [-0.2, -0.15) is 11.8 Å². The van der Waals surface area contributed by atoms with E-state index in [-0.39, 0.29) is 30.4 Å². The SMILES string of the molecule is CC(C)(C)SCC1(C(=O)O)CCC(F)(F)CC1. The summed E-state index contributed by atoms with van der Waals surface area (Å²) in [5.74, 6) is -3.18. The molecule has 1 aliphatic rings. The molecule has 0 heterocycles. The molecule has 2 nitrogen and oxygen atoms in total. The van der Waals surface area contributed by atoms with Crippen LogP contribution in [0.15, 0.2) is 0 Å². The molecule has 0 aromatic heterocycles. The molecule has 1 aliphatic carbocycles. The van der Waals surface area contributed by atoms with E-state index in [2.05, 4.69) is 0 Å². The number of rotatable bonds is 3. The van der Waals surface area contributed by atoms with Crippen LogP contribution < -0.4 is 0 Å². The van der Waals surface area contributed by atoms with Gasteiger partial charge < -0.3 is 5.11 Å². The maximum absolute atomic E-state index is 13.1. The summed E-state index contributed by atoms with van der Waals surface area (Å²) in [4.78, 5) is 11.3. The Labute approximate surface area is 105 Å². The lowest BCUT2D eigenvalue weighted by Gasteiger charge is -2.37. The Kier molecular flexibility index (Phi) is 4.12. The number of hydrogen-bond acceptors (Lipinski definition) is 2. The number of halogens is 2. The molecule has 0 atom stereocenters. The van der Waals surface area contributed by atoms with Gasteiger partial charge in [0.1, 0.15) is 0 Å². The molecule has 0 bridgehead atoms. The number of hydrogen-bond donors (Lipinski definition) is 1. The minimum absolute atomic E-state index is 0.0393. The van der Waals surface area contributed by atoms with Gasteiger partial charge in [-0.15, -0.1) is 0 Å². The van der Waals surface area contributed by atoms with Gasteiger partial charge in [-0.1, -0.05) is 20.8 Å². The molecule has 1 N–H and O–H groups in total. The van der Waals surface area contributed by atoms with Crippen LogP contribution in [0.1, 0.15) is 46.5 Å². The fraction of sp³-hybridized carbons (Fsp3) is 0.917. The van der Waals surface area contributed by atoms with Crippen LogP contribution in [-0.2, 0) is 4.79 Å². The molecule has 1 saturated carbocycles. The average molecular weight is 266 g/mol. The Balaban J connectivity index is 2.69.